The standard InChI is InChI=1S/C14H13NO4/c1-7(2)14(18)19-9-4-5-11-10(6-9)12(13(16)17)8(3)15-11/h4-6,15H,1H2,2-3H3,(H,16,17). The van der Waals surface area contributed by atoms with Crippen LogP contribution >= 0.6 is 0 Å². The monoisotopic (exact) mass is 259 g/mol. The Morgan fingerprint density at radius 3 is 2.63 bits per heavy atom. The van der Waals surface area contributed by atoms with Gasteiger partial charge in [0, 0.05) is 22.2 Å². The lowest BCUT2D eigenvalue weighted by Gasteiger charge is -2.03. The van der Waals surface area contributed by atoms with E-state index in [1.165, 1.54) is 6.07 Å². The van der Waals surface area contributed by atoms with Crippen molar-refractivity contribution in [3.8, 4) is 5.75 Å². The Hall–Kier alpha value is -2.56. The molecule has 1 aromatic carbocycles. The molecule has 0 saturated heterocycles. The van der Waals surface area contributed by atoms with E-state index in [0.29, 0.717) is 22.3 Å². The van der Waals surface area contributed by atoms with Crippen molar-refractivity contribution in [3.05, 3.63) is 41.6 Å². The Bertz CT molecular complexity index is 697. The summed E-state index contributed by atoms with van der Waals surface area (Å²) in [6.45, 7) is 6.72. The molecule has 0 saturated carbocycles. The fraction of sp³-hybridized carbons (Fsp3) is 0.143. The molecule has 2 aromatic rings. The van der Waals surface area contributed by atoms with Crippen LogP contribution in [-0.4, -0.2) is 22.0 Å². The molecule has 0 aliphatic heterocycles. The van der Waals surface area contributed by atoms with Gasteiger partial charge in [0.05, 0.1) is 5.56 Å². The summed E-state index contributed by atoms with van der Waals surface area (Å²) in [5, 5.41) is 9.68. The van der Waals surface area contributed by atoms with Gasteiger partial charge in [-0.2, -0.15) is 0 Å². The van der Waals surface area contributed by atoms with Gasteiger partial charge in [-0.05, 0) is 32.0 Å². The molecule has 1 aromatic heterocycles. The number of esters is 1. The first-order valence-electron chi connectivity index (χ1n) is 5.63. The Labute approximate surface area is 109 Å². The molecule has 0 bridgehead atoms. The highest BCUT2D eigenvalue weighted by Crippen LogP contribution is 2.26. The van der Waals surface area contributed by atoms with Gasteiger partial charge in [-0.1, -0.05) is 6.58 Å². The molecule has 2 rings (SSSR count). The lowest BCUT2D eigenvalue weighted by Crippen LogP contribution is -2.08. The van der Waals surface area contributed by atoms with Crippen LogP contribution in [0.25, 0.3) is 10.9 Å². The molecule has 0 unspecified atom stereocenters. The van der Waals surface area contributed by atoms with E-state index in [0.717, 1.165) is 0 Å². The maximum Gasteiger partial charge on any atom is 0.338 e. The SMILES string of the molecule is C=C(C)C(=O)Oc1ccc2[nH]c(C)c(C(=O)O)c2c1. The van der Waals surface area contributed by atoms with Crippen molar-refractivity contribution in [2.45, 2.75) is 13.8 Å². The zero-order valence-corrected chi connectivity index (χ0v) is 10.6. The minimum atomic E-state index is -1.02. The molecule has 0 aliphatic rings. The number of aryl methyl sites for hydroxylation is 1. The van der Waals surface area contributed by atoms with Crippen LogP contribution in [0.5, 0.6) is 5.75 Å². The Balaban J connectivity index is 2.50. The van der Waals surface area contributed by atoms with Crippen LogP contribution in [0.15, 0.2) is 30.4 Å². The zero-order valence-electron chi connectivity index (χ0n) is 10.6. The Kier molecular flexibility index (Phi) is 3.12. The van der Waals surface area contributed by atoms with Crippen LogP contribution < -0.4 is 4.74 Å². The third-order valence-corrected chi connectivity index (χ3v) is 2.73. The maximum absolute atomic E-state index is 11.4. The second-order valence-electron chi connectivity index (χ2n) is 4.31. The first kappa shape index (κ1) is 12.9. The van der Waals surface area contributed by atoms with Crippen molar-refractivity contribution >= 4 is 22.8 Å². The maximum atomic E-state index is 11.4. The van der Waals surface area contributed by atoms with Crippen molar-refractivity contribution in [1.29, 1.82) is 0 Å². The summed E-state index contributed by atoms with van der Waals surface area (Å²) in [6, 6.07) is 4.81. The second kappa shape index (κ2) is 4.61. The number of hydrogen-bond donors (Lipinski definition) is 2. The number of carboxylic acid groups (broad SMARTS) is 1. The molecule has 98 valence electrons. The van der Waals surface area contributed by atoms with E-state index in [1.807, 2.05) is 0 Å². The minimum absolute atomic E-state index is 0.184. The van der Waals surface area contributed by atoms with E-state index >= 15 is 0 Å². The van der Waals surface area contributed by atoms with E-state index < -0.39 is 11.9 Å². The fourth-order valence-corrected chi connectivity index (χ4v) is 1.84. The molecular formula is C14H13NO4. The number of carboxylic acids is 1. The van der Waals surface area contributed by atoms with Gasteiger partial charge in [0.2, 0.25) is 0 Å². The number of carbonyl (C=O) groups excluding carboxylic acids is 1. The molecule has 0 aliphatic carbocycles. The number of fused-ring (bicyclic) bond motifs is 1. The predicted molar refractivity (Wildman–Crippen MR) is 70.4 cm³/mol. The van der Waals surface area contributed by atoms with Gasteiger partial charge in [-0.25, -0.2) is 9.59 Å². The number of aromatic carboxylic acids is 1. The Morgan fingerprint density at radius 2 is 2.05 bits per heavy atom. The lowest BCUT2D eigenvalue weighted by atomic mass is 10.1. The number of aromatic nitrogens is 1. The van der Waals surface area contributed by atoms with Crippen LogP contribution in [0.2, 0.25) is 0 Å². The smallest absolute Gasteiger partial charge is 0.338 e. The van der Waals surface area contributed by atoms with E-state index in [1.54, 1.807) is 26.0 Å². The van der Waals surface area contributed by atoms with Crippen LogP contribution in [0, 0.1) is 6.92 Å². The van der Waals surface area contributed by atoms with Crippen LogP contribution in [-0.2, 0) is 4.79 Å². The van der Waals surface area contributed by atoms with E-state index in [2.05, 4.69) is 11.6 Å². The molecule has 0 fully saturated rings. The predicted octanol–water partition coefficient (Wildman–Crippen LogP) is 2.66. The molecule has 2 N–H and O–H groups in total. The summed E-state index contributed by atoms with van der Waals surface area (Å²) in [5.74, 6) is -1.27. The number of ether oxygens (including phenoxy) is 1. The highest BCUT2D eigenvalue weighted by Gasteiger charge is 2.16. The summed E-state index contributed by atoms with van der Waals surface area (Å²) >= 11 is 0. The molecule has 1 heterocycles. The van der Waals surface area contributed by atoms with Crippen LogP contribution in [0.1, 0.15) is 23.0 Å². The average molecular weight is 259 g/mol. The van der Waals surface area contributed by atoms with Gasteiger partial charge < -0.3 is 14.8 Å². The molecular weight excluding hydrogens is 246 g/mol. The second-order valence-corrected chi connectivity index (χ2v) is 4.31. The van der Waals surface area contributed by atoms with Crippen molar-refractivity contribution in [1.82, 2.24) is 4.98 Å². The third-order valence-electron chi connectivity index (χ3n) is 2.73. The van der Waals surface area contributed by atoms with Gasteiger partial charge in [0.15, 0.2) is 0 Å². The molecule has 19 heavy (non-hydrogen) atoms. The van der Waals surface area contributed by atoms with Crippen molar-refractivity contribution < 1.29 is 19.4 Å². The normalized spacial score (nSPS) is 10.4. The van der Waals surface area contributed by atoms with E-state index in [9.17, 15) is 14.7 Å². The summed E-state index contributed by atoms with van der Waals surface area (Å²) in [7, 11) is 0. The quantitative estimate of drug-likeness (QED) is 0.504. The largest absolute Gasteiger partial charge is 0.478 e. The zero-order chi connectivity index (χ0) is 14.2. The van der Waals surface area contributed by atoms with Gasteiger partial charge in [-0.15, -0.1) is 0 Å². The molecule has 0 spiro atoms. The summed E-state index contributed by atoms with van der Waals surface area (Å²) < 4.78 is 5.08. The molecule has 5 nitrogen and oxygen atoms in total. The number of hydrogen-bond acceptors (Lipinski definition) is 3. The van der Waals surface area contributed by atoms with Gasteiger partial charge in [0.1, 0.15) is 5.75 Å². The molecule has 0 amide bonds. The average Bonchev–Trinajstić information content (AvgIpc) is 2.64. The molecule has 0 radical (unpaired) electrons. The highest BCUT2D eigenvalue weighted by molar-refractivity contribution is 6.05. The van der Waals surface area contributed by atoms with E-state index in [4.69, 9.17) is 4.74 Å². The minimum Gasteiger partial charge on any atom is -0.478 e. The molecule has 0 atom stereocenters. The lowest BCUT2D eigenvalue weighted by molar-refractivity contribution is -0.130. The number of carbonyl (C=O) groups is 2. The Morgan fingerprint density at radius 1 is 1.37 bits per heavy atom. The summed E-state index contributed by atoms with van der Waals surface area (Å²) in [6.07, 6.45) is 0. The van der Waals surface area contributed by atoms with Crippen molar-refractivity contribution in [3.63, 3.8) is 0 Å². The first-order chi connectivity index (χ1) is 8.90. The van der Waals surface area contributed by atoms with Crippen LogP contribution in [0.3, 0.4) is 0 Å². The van der Waals surface area contributed by atoms with Crippen molar-refractivity contribution in [2.24, 2.45) is 0 Å². The van der Waals surface area contributed by atoms with Gasteiger partial charge >= 0.3 is 11.9 Å². The van der Waals surface area contributed by atoms with Crippen LogP contribution in [0.4, 0.5) is 0 Å². The van der Waals surface area contributed by atoms with Gasteiger partial charge in [-0.3, -0.25) is 0 Å². The number of nitrogens with one attached hydrogen (secondary N) is 1. The fourth-order valence-electron chi connectivity index (χ4n) is 1.84. The highest BCUT2D eigenvalue weighted by atomic mass is 16.5. The summed E-state index contributed by atoms with van der Waals surface area (Å²) in [5.41, 5.74) is 1.71. The number of benzene rings is 1. The molecule has 5 heteroatoms. The number of rotatable bonds is 3. The first-order valence-corrected chi connectivity index (χ1v) is 5.63. The number of H-pyrrole nitrogens is 1. The topological polar surface area (TPSA) is 79.4 Å². The third kappa shape index (κ3) is 2.35. The summed E-state index contributed by atoms with van der Waals surface area (Å²) in [4.78, 5) is 25.6. The van der Waals surface area contributed by atoms with Gasteiger partial charge in [0.25, 0.3) is 0 Å². The van der Waals surface area contributed by atoms with E-state index in [-0.39, 0.29) is 11.1 Å². The number of aromatic amines is 1. The van der Waals surface area contributed by atoms with Crippen molar-refractivity contribution in [2.75, 3.05) is 0 Å².